The van der Waals surface area contributed by atoms with Gasteiger partial charge in [-0.3, -0.25) is 4.68 Å². The molecule has 0 N–H and O–H groups in total. The second kappa shape index (κ2) is 4.14. The molecule has 1 aliphatic heterocycles. The number of nitrogens with zero attached hydrogens (tertiary/aromatic N) is 2. The van der Waals surface area contributed by atoms with Gasteiger partial charge in [0, 0.05) is 12.1 Å². The van der Waals surface area contributed by atoms with Crippen molar-refractivity contribution < 1.29 is 14.3 Å². The van der Waals surface area contributed by atoms with E-state index in [1.807, 2.05) is 17.8 Å². The van der Waals surface area contributed by atoms with Crippen molar-refractivity contribution >= 4 is 5.97 Å². The Morgan fingerprint density at radius 3 is 2.88 bits per heavy atom. The lowest BCUT2D eigenvalue weighted by atomic mass is 10.2. The molecule has 5 nitrogen and oxygen atoms in total. The van der Waals surface area contributed by atoms with E-state index in [1.54, 1.807) is 0 Å². The number of esters is 1. The second-order valence-electron chi connectivity index (χ2n) is 4.59. The predicted molar refractivity (Wildman–Crippen MR) is 60.0 cm³/mol. The van der Waals surface area contributed by atoms with Crippen molar-refractivity contribution in [1.82, 2.24) is 9.78 Å². The highest BCUT2D eigenvalue weighted by atomic mass is 16.5. The number of rotatable bonds is 4. The van der Waals surface area contributed by atoms with E-state index in [-0.39, 0.29) is 12.0 Å². The quantitative estimate of drug-likeness (QED) is 0.743. The Hall–Kier alpha value is -1.36. The number of carbonyl (C=O) groups is 1. The first-order chi connectivity index (χ1) is 8.29. The molecule has 2 heterocycles. The van der Waals surface area contributed by atoms with Gasteiger partial charge in [0.1, 0.15) is 5.56 Å². The van der Waals surface area contributed by atoms with Crippen LogP contribution in [-0.4, -0.2) is 35.6 Å². The highest BCUT2D eigenvalue weighted by molar-refractivity contribution is 5.90. The van der Waals surface area contributed by atoms with Gasteiger partial charge in [0.25, 0.3) is 0 Å². The maximum atomic E-state index is 11.8. The summed E-state index contributed by atoms with van der Waals surface area (Å²) < 4.78 is 12.1. The van der Waals surface area contributed by atoms with E-state index in [0.717, 1.165) is 18.5 Å². The first kappa shape index (κ1) is 10.8. The number of ether oxygens (including phenoxy) is 2. The van der Waals surface area contributed by atoms with Crippen LogP contribution in [0.5, 0.6) is 0 Å². The van der Waals surface area contributed by atoms with Crippen LogP contribution in [0, 0.1) is 0 Å². The van der Waals surface area contributed by atoms with Gasteiger partial charge in [0.05, 0.1) is 31.6 Å². The monoisotopic (exact) mass is 236 g/mol. The van der Waals surface area contributed by atoms with Gasteiger partial charge < -0.3 is 9.47 Å². The molecular weight excluding hydrogens is 220 g/mol. The summed E-state index contributed by atoms with van der Waals surface area (Å²) in [7, 11) is 0. The van der Waals surface area contributed by atoms with Crippen molar-refractivity contribution in [2.24, 2.45) is 0 Å². The Morgan fingerprint density at radius 2 is 2.35 bits per heavy atom. The first-order valence-corrected chi connectivity index (χ1v) is 6.13. The summed E-state index contributed by atoms with van der Waals surface area (Å²) in [6.07, 6.45) is 4.08. The number of hydrogen-bond donors (Lipinski definition) is 0. The van der Waals surface area contributed by atoms with Crippen molar-refractivity contribution in [3.63, 3.8) is 0 Å². The van der Waals surface area contributed by atoms with E-state index in [4.69, 9.17) is 9.47 Å². The molecule has 3 rings (SSSR count). The molecule has 0 aromatic carbocycles. The van der Waals surface area contributed by atoms with Gasteiger partial charge >= 0.3 is 5.97 Å². The molecule has 17 heavy (non-hydrogen) atoms. The van der Waals surface area contributed by atoms with Gasteiger partial charge in [-0.2, -0.15) is 5.10 Å². The van der Waals surface area contributed by atoms with Gasteiger partial charge in [-0.15, -0.1) is 0 Å². The molecule has 1 aromatic rings. The normalized spacial score (nSPS) is 20.1. The molecule has 0 spiro atoms. The molecule has 2 fully saturated rings. The predicted octanol–water partition coefficient (Wildman–Crippen LogP) is 1.51. The Balaban J connectivity index is 1.88. The average Bonchev–Trinajstić information content (AvgIpc) is 2.98. The van der Waals surface area contributed by atoms with E-state index in [9.17, 15) is 4.79 Å². The molecule has 92 valence electrons. The standard InChI is InChI=1S/C12H16N2O3/c1-2-17-12(15)10-5-14(9-6-16-7-9)13-11(10)8-3-4-8/h5,8-9H,2-4,6-7H2,1H3. The largest absolute Gasteiger partial charge is 0.462 e. The van der Waals surface area contributed by atoms with Gasteiger partial charge in [-0.25, -0.2) is 4.79 Å². The van der Waals surface area contributed by atoms with E-state index in [2.05, 4.69) is 5.10 Å². The van der Waals surface area contributed by atoms with Gasteiger partial charge in [0.15, 0.2) is 0 Å². The van der Waals surface area contributed by atoms with Crippen molar-refractivity contribution in [2.75, 3.05) is 19.8 Å². The Labute approximate surface area is 99.7 Å². The minimum atomic E-state index is -0.249. The van der Waals surface area contributed by atoms with Crippen LogP contribution in [-0.2, 0) is 9.47 Å². The maximum Gasteiger partial charge on any atom is 0.341 e. The Kier molecular flexibility index (Phi) is 2.63. The smallest absolute Gasteiger partial charge is 0.341 e. The third kappa shape index (κ3) is 1.95. The zero-order valence-corrected chi connectivity index (χ0v) is 9.89. The zero-order valence-electron chi connectivity index (χ0n) is 9.89. The van der Waals surface area contributed by atoms with Crippen molar-refractivity contribution in [1.29, 1.82) is 0 Å². The van der Waals surface area contributed by atoms with Crippen molar-refractivity contribution in [3.8, 4) is 0 Å². The van der Waals surface area contributed by atoms with Gasteiger partial charge in [-0.05, 0) is 19.8 Å². The summed E-state index contributed by atoms with van der Waals surface area (Å²) in [5.74, 6) is 0.206. The lowest BCUT2D eigenvalue weighted by Gasteiger charge is -2.25. The molecule has 0 bridgehead atoms. The maximum absolute atomic E-state index is 11.8. The summed E-state index contributed by atoms with van der Waals surface area (Å²) in [6, 6.07) is 0.288. The van der Waals surface area contributed by atoms with Crippen LogP contribution < -0.4 is 0 Å². The van der Waals surface area contributed by atoms with E-state index < -0.39 is 0 Å². The van der Waals surface area contributed by atoms with Crippen LogP contribution >= 0.6 is 0 Å². The van der Waals surface area contributed by atoms with Crippen LogP contribution in [0.15, 0.2) is 6.20 Å². The van der Waals surface area contributed by atoms with Crippen molar-refractivity contribution in [3.05, 3.63) is 17.5 Å². The highest BCUT2D eigenvalue weighted by Gasteiger charge is 2.33. The summed E-state index contributed by atoms with van der Waals surface area (Å²) in [6.45, 7) is 3.60. The number of aromatic nitrogens is 2. The molecule has 0 radical (unpaired) electrons. The van der Waals surface area contributed by atoms with E-state index >= 15 is 0 Å². The third-order valence-electron chi connectivity index (χ3n) is 3.21. The molecule has 0 atom stereocenters. The Bertz CT molecular complexity index is 433. The van der Waals surface area contributed by atoms with Crippen LogP contribution in [0.2, 0.25) is 0 Å². The Morgan fingerprint density at radius 1 is 1.59 bits per heavy atom. The van der Waals surface area contributed by atoms with Crippen molar-refractivity contribution in [2.45, 2.75) is 31.7 Å². The summed E-state index contributed by atoms with van der Waals surface area (Å²) >= 11 is 0. The van der Waals surface area contributed by atoms with Crippen LogP contribution in [0.25, 0.3) is 0 Å². The minimum absolute atomic E-state index is 0.249. The fraction of sp³-hybridized carbons (Fsp3) is 0.667. The zero-order chi connectivity index (χ0) is 11.8. The minimum Gasteiger partial charge on any atom is -0.462 e. The average molecular weight is 236 g/mol. The van der Waals surface area contributed by atoms with Gasteiger partial charge in [-0.1, -0.05) is 0 Å². The number of carbonyl (C=O) groups excluding carboxylic acids is 1. The molecule has 0 unspecified atom stereocenters. The molecule has 1 saturated heterocycles. The topological polar surface area (TPSA) is 53.4 Å². The summed E-state index contributed by atoms with van der Waals surface area (Å²) in [5, 5.41) is 4.53. The van der Waals surface area contributed by atoms with Gasteiger partial charge in [0.2, 0.25) is 0 Å². The third-order valence-corrected chi connectivity index (χ3v) is 3.21. The second-order valence-corrected chi connectivity index (χ2v) is 4.59. The van der Waals surface area contributed by atoms with Crippen LogP contribution in [0.4, 0.5) is 0 Å². The van der Waals surface area contributed by atoms with E-state index in [1.165, 1.54) is 0 Å². The fourth-order valence-corrected chi connectivity index (χ4v) is 1.99. The van der Waals surface area contributed by atoms with Crippen LogP contribution in [0.3, 0.4) is 0 Å². The summed E-state index contributed by atoms with van der Waals surface area (Å²) in [4.78, 5) is 11.8. The summed E-state index contributed by atoms with van der Waals surface area (Å²) in [5.41, 5.74) is 1.55. The molecule has 2 aliphatic rings. The molecule has 0 amide bonds. The number of hydrogen-bond acceptors (Lipinski definition) is 4. The lowest BCUT2D eigenvalue weighted by molar-refractivity contribution is -0.0288. The molecular formula is C12H16N2O3. The SMILES string of the molecule is CCOC(=O)c1cn(C2COC2)nc1C1CC1. The van der Waals surface area contributed by atoms with Crippen LogP contribution in [0.1, 0.15) is 47.8 Å². The van der Waals surface area contributed by atoms with E-state index in [0.29, 0.717) is 31.3 Å². The molecule has 1 saturated carbocycles. The highest BCUT2D eigenvalue weighted by Crippen LogP contribution is 2.41. The molecule has 1 aromatic heterocycles. The molecule has 1 aliphatic carbocycles. The lowest BCUT2D eigenvalue weighted by Crippen LogP contribution is -2.31. The first-order valence-electron chi connectivity index (χ1n) is 6.13. The molecule has 5 heteroatoms. The fourth-order valence-electron chi connectivity index (χ4n) is 1.99.